The molecule has 7 aromatic rings. The molecule has 0 bridgehead atoms. The van der Waals surface area contributed by atoms with E-state index in [0.29, 0.717) is 0 Å². The summed E-state index contributed by atoms with van der Waals surface area (Å²) >= 11 is 0. The molecular weight excluding hydrogens is 571 g/mol. The van der Waals surface area contributed by atoms with Crippen LogP contribution in [0.15, 0.2) is 158 Å². The summed E-state index contributed by atoms with van der Waals surface area (Å²) in [5, 5.41) is 0. The Morgan fingerprint density at radius 2 is 1.02 bits per heavy atom. The van der Waals surface area contributed by atoms with Crippen molar-refractivity contribution in [2.45, 2.75) is 32.1 Å². The second-order valence-electron chi connectivity index (χ2n) is 12.3. The molecule has 0 atom stereocenters. The number of H-pyrrole nitrogens is 1. The normalized spacial score (nSPS) is 12.8. The van der Waals surface area contributed by atoms with Gasteiger partial charge >= 0.3 is 0 Å². The Kier molecular flexibility index (Phi) is 7.30. The fourth-order valence-electron chi connectivity index (χ4n) is 7.51. The number of hydrogen-bond acceptors (Lipinski definition) is 2. The highest BCUT2D eigenvalue weighted by molar-refractivity contribution is 5.88. The maximum absolute atomic E-state index is 5.24. The Labute approximate surface area is 277 Å². The molecule has 0 unspecified atom stereocenters. The molecular formula is C44H37N3. The third-order valence-electron chi connectivity index (χ3n) is 9.93. The van der Waals surface area contributed by atoms with Crippen molar-refractivity contribution < 1.29 is 0 Å². The van der Waals surface area contributed by atoms with Gasteiger partial charge in [0.15, 0.2) is 0 Å². The Hall–Kier alpha value is -5.67. The quantitative estimate of drug-likeness (QED) is 0.186. The molecule has 0 saturated carbocycles. The third-order valence-corrected chi connectivity index (χ3v) is 9.93. The number of benzene rings is 6. The lowest BCUT2D eigenvalue weighted by Gasteiger charge is -2.32. The van der Waals surface area contributed by atoms with Gasteiger partial charge in [0.2, 0.25) is 0 Å². The second kappa shape index (κ2) is 11.9. The summed E-state index contributed by atoms with van der Waals surface area (Å²) in [5.41, 5.74) is 14.2. The molecule has 6 aromatic carbocycles. The van der Waals surface area contributed by atoms with Crippen molar-refractivity contribution in [2.24, 2.45) is 0 Å². The minimum atomic E-state index is -0.104. The topological polar surface area (TPSA) is 31.9 Å². The Balaban J connectivity index is 1.26. The molecule has 3 nitrogen and oxygen atoms in total. The van der Waals surface area contributed by atoms with Gasteiger partial charge in [-0.2, -0.15) is 0 Å². The van der Waals surface area contributed by atoms with E-state index in [9.17, 15) is 0 Å². The molecule has 1 heterocycles. The first-order chi connectivity index (χ1) is 23.2. The van der Waals surface area contributed by atoms with Crippen LogP contribution in [-0.4, -0.2) is 9.97 Å². The van der Waals surface area contributed by atoms with E-state index in [-0.39, 0.29) is 5.41 Å². The molecule has 0 amide bonds. The first kappa shape index (κ1) is 28.8. The molecule has 0 spiro atoms. The van der Waals surface area contributed by atoms with Crippen LogP contribution >= 0.6 is 0 Å². The number of aromatic amines is 1. The molecule has 1 aliphatic carbocycles. The first-order valence-corrected chi connectivity index (χ1v) is 16.6. The van der Waals surface area contributed by atoms with E-state index in [0.717, 1.165) is 58.1 Å². The van der Waals surface area contributed by atoms with Crippen molar-refractivity contribution in [1.29, 1.82) is 0 Å². The Morgan fingerprint density at radius 3 is 1.60 bits per heavy atom. The number of aromatic nitrogens is 2. The fourth-order valence-corrected chi connectivity index (χ4v) is 7.51. The maximum Gasteiger partial charge on any atom is 0.138 e. The zero-order chi connectivity index (χ0) is 31.8. The van der Waals surface area contributed by atoms with Crippen LogP contribution in [0.3, 0.4) is 0 Å². The number of nitrogens with zero attached hydrogens (tertiary/aromatic N) is 2. The predicted molar refractivity (Wildman–Crippen MR) is 196 cm³/mol. The zero-order valence-corrected chi connectivity index (χ0v) is 26.8. The van der Waals surface area contributed by atoms with Crippen molar-refractivity contribution in [3.63, 3.8) is 0 Å². The molecule has 47 heavy (non-hydrogen) atoms. The van der Waals surface area contributed by atoms with Gasteiger partial charge in [0, 0.05) is 39.2 Å². The highest BCUT2D eigenvalue weighted by Crippen LogP contribution is 2.55. The number of para-hydroxylation sites is 2. The van der Waals surface area contributed by atoms with Crippen LogP contribution in [0.4, 0.5) is 17.1 Å². The highest BCUT2D eigenvalue weighted by atomic mass is 15.1. The van der Waals surface area contributed by atoms with Crippen LogP contribution in [-0.2, 0) is 5.41 Å². The van der Waals surface area contributed by atoms with Crippen molar-refractivity contribution in [1.82, 2.24) is 9.97 Å². The average Bonchev–Trinajstić information content (AvgIpc) is 3.71. The average molecular weight is 608 g/mol. The molecule has 0 aliphatic heterocycles. The van der Waals surface area contributed by atoms with Crippen LogP contribution in [0.25, 0.3) is 45.0 Å². The van der Waals surface area contributed by atoms with Crippen molar-refractivity contribution >= 4 is 17.1 Å². The summed E-state index contributed by atoms with van der Waals surface area (Å²) in [6.45, 7) is 4.67. The molecule has 1 aliphatic rings. The molecule has 8 rings (SSSR count). The van der Waals surface area contributed by atoms with Crippen molar-refractivity contribution in [3.8, 4) is 45.0 Å². The van der Waals surface area contributed by atoms with Gasteiger partial charge < -0.3 is 9.88 Å². The maximum atomic E-state index is 5.24. The number of imidazole rings is 1. The predicted octanol–water partition coefficient (Wildman–Crippen LogP) is 12.0. The van der Waals surface area contributed by atoms with E-state index in [1.807, 2.05) is 0 Å². The Morgan fingerprint density at radius 1 is 0.511 bits per heavy atom. The summed E-state index contributed by atoms with van der Waals surface area (Å²) in [4.78, 5) is 11.3. The van der Waals surface area contributed by atoms with Crippen molar-refractivity contribution in [3.05, 3.63) is 169 Å². The van der Waals surface area contributed by atoms with E-state index in [2.05, 4.69) is 181 Å². The Bertz CT molecular complexity index is 2050. The van der Waals surface area contributed by atoms with Crippen LogP contribution in [0.2, 0.25) is 0 Å². The molecule has 1 N–H and O–H groups in total. The minimum Gasteiger partial charge on any atom is -0.337 e. The molecule has 3 heteroatoms. The van der Waals surface area contributed by atoms with Gasteiger partial charge in [0.05, 0.1) is 11.4 Å². The van der Waals surface area contributed by atoms with Gasteiger partial charge in [-0.15, -0.1) is 0 Å². The zero-order valence-electron chi connectivity index (χ0n) is 26.8. The SMILES string of the molecule is CCC1(CC)c2cc(-c3nc(-c4ccccc4)c(-c4ccccc4)[nH]3)ccc2-c2ccc(N(c3ccccc3)c3ccccc3)cc21. The van der Waals surface area contributed by atoms with E-state index >= 15 is 0 Å². The third kappa shape index (κ3) is 4.87. The summed E-state index contributed by atoms with van der Waals surface area (Å²) in [7, 11) is 0. The number of anilines is 3. The lowest BCUT2D eigenvalue weighted by molar-refractivity contribution is 0.490. The highest BCUT2D eigenvalue weighted by Gasteiger charge is 2.41. The fraction of sp³-hybridized carbons (Fsp3) is 0.114. The summed E-state index contributed by atoms with van der Waals surface area (Å²) < 4.78 is 0. The van der Waals surface area contributed by atoms with Gasteiger partial charge in [-0.1, -0.05) is 129 Å². The summed E-state index contributed by atoms with van der Waals surface area (Å²) in [5.74, 6) is 0.891. The molecule has 0 saturated heterocycles. The van der Waals surface area contributed by atoms with E-state index in [1.165, 1.54) is 27.9 Å². The summed E-state index contributed by atoms with van der Waals surface area (Å²) in [6.07, 6.45) is 2.02. The van der Waals surface area contributed by atoms with Gasteiger partial charge in [0.1, 0.15) is 5.82 Å². The standard InChI is InChI=1S/C44H37N3/c1-3-44(4-2)39-29-33(43-45-41(31-17-9-5-10-18-31)42(46-43)32-19-11-6-12-20-32)25-27-37(39)38-28-26-36(30-40(38)44)47(34-21-13-7-14-22-34)35-23-15-8-16-24-35/h5-30H,3-4H2,1-2H3,(H,45,46). The number of nitrogens with one attached hydrogen (secondary N) is 1. The van der Waals surface area contributed by atoms with Gasteiger partial charge in [-0.05, 0) is 77.6 Å². The van der Waals surface area contributed by atoms with Crippen LogP contribution in [0.5, 0.6) is 0 Å². The molecule has 228 valence electrons. The largest absolute Gasteiger partial charge is 0.337 e. The lowest BCUT2D eigenvalue weighted by Crippen LogP contribution is -2.23. The number of fused-ring (bicyclic) bond motifs is 3. The number of rotatable bonds is 8. The van der Waals surface area contributed by atoms with E-state index in [4.69, 9.17) is 4.98 Å². The van der Waals surface area contributed by atoms with Crippen molar-refractivity contribution in [2.75, 3.05) is 4.90 Å². The smallest absolute Gasteiger partial charge is 0.138 e. The molecule has 0 radical (unpaired) electrons. The minimum absolute atomic E-state index is 0.104. The molecule has 1 aromatic heterocycles. The van der Waals surface area contributed by atoms with E-state index < -0.39 is 0 Å². The lowest BCUT2D eigenvalue weighted by atomic mass is 9.73. The van der Waals surface area contributed by atoms with Crippen LogP contribution in [0, 0.1) is 0 Å². The van der Waals surface area contributed by atoms with Gasteiger partial charge in [-0.3, -0.25) is 0 Å². The summed E-state index contributed by atoms with van der Waals surface area (Å²) in [6, 6.07) is 56.3. The van der Waals surface area contributed by atoms with Gasteiger partial charge in [0.25, 0.3) is 0 Å². The van der Waals surface area contributed by atoms with E-state index in [1.54, 1.807) is 0 Å². The van der Waals surface area contributed by atoms with Gasteiger partial charge in [-0.25, -0.2) is 4.98 Å². The van der Waals surface area contributed by atoms with Crippen LogP contribution in [0.1, 0.15) is 37.8 Å². The first-order valence-electron chi connectivity index (χ1n) is 16.6. The monoisotopic (exact) mass is 607 g/mol. The second-order valence-corrected chi connectivity index (χ2v) is 12.3. The van der Waals surface area contributed by atoms with Crippen LogP contribution < -0.4 is 4.90 Å². The number of hydrogen-bond donors (Lipinski definition) is 1. The molecule has 0 fully saturated rings.